The van der Waals surface area contributed by atoms with Gasteiger partial charge in [-0.2, -0.15) is 0 Å². The Kier molecular flexibility index (Phi) is 8.11. The van der Waals surface area contributed by atoms with Crippen molar-refractivity contribution < 1.29 is 18.7 Å². The van der Waals surface area contributed by atoms with Gasteiger partial charge < -0.3 is 15.0 Å². The van der Waals surface area contributed by atoms with Crippen LogP contribution >= 0.6 is 0 Å². The highest BCUT2D eigenvalue weighted by molar-refractivity contribution is 5.81. The zero-order valence-corrected chi connectivity index (χ0v) is 20.2. The van der Waals surface area contributed by atoms with Crippen LogP contribution in [0.5, 0.6) is 5.75 Å². The predicted octanol–water partition coefficient (Wildman–Crippen LogP) is 5.03. The van der Waals surface area contributed by atoms with Crippen LogP contribution in [0.4, 0.5) is 4.39 Å². The number of hydrogen-bond donors (Lipinski definition) is 1. The molecule has 1 heterocycles. The van der Waals surface area contributed by atoms with E-state index in [9.17, 15) is 14.0 Å². The van der Waals surface area contributed by atoms with Crippen LogP contribution in [0, 0.1) is 11.7 Å². The third-order valence-corrected chi connectivity index (χ3v) is 5.79. The summed E-state index contributed by atoms with van der Waals surface area (Å²) in [6, 6.07) is 11.8. The Hall–Kier alpha value is -2.89. The van der Waals surface area contributed by atoms with E-state index in [0.717, 1.165) is 23.1 Å². The van der Waals surface area contributed by atoms with E-state index >= 15 is 0 Å². The molecule has 0 saturated carbocycles. The van der Waals surface area contributed by atoms with Gasteiger partial charge in [0.25, 0.3) is 5.91 Å². The van der Waals surface area contributed by atoms with E-state index in [0.29, 0.717) is 25.1 Å². The molecule has 0 radical (unpaired) electrons. The molecule has 0 aromatic heterocycles. The lowest BCUT2D eigenvalue weighted by atomic mass is 9.87. The maximum atomic E-state index is 14.2. The van der Waals surface area contributed by atoms with Crippen molar-refractivity contribution >= 4 is 11.8 Å². The van der Waals surface area contributed by atoms with E-state index in [4.69, 9.17) is 4.74 Å². The summed E-state index contributed by atoms with van der Waals surface area (Å²) in [5, 5.41) is 2.90. The highest BCUT2D eigenvalue weighted by Crippen LogP contribution is 2.38. The van der Waals surface area contributed by atoms with Crippen LogP contribution in [0.3, 0.4) is 0 Å². The van der Waals surface area contributed by atoms with Crippen LogP contribution in [0.15, 0.2) is 42.5 Å². The lowest BCUT2D eigenvalue weighted by molar-refractivity contribution is -0.134. The highest BCUT2D eigenvalue weighted by atomic mass is 19.1. The third-order valence-electron chi connectivity index (χ3n) is 5.79. The van der Waals surface area contributed by atoms with Gasteiger partial charge in [0.2, 0.25) is 5.91 Å². The fourth-order valence-electron chi connectivity index (χ4n) is 4.30. The molecular formula is C27H35FN2O3. The van der Waals surface area contributed by atoms with Gasteiger partial charge in [-0.15, -0.1) is 0 Å². The van der Waals surface area contributed by atoms with Crippen LogP contribution in [0.2, 0.25) is 0 Å². The van der Waals surface area contributed by atoms with E-state index in [1.807, 2.05) is 63.8 Å². The maximum absolute atomic E-state index is 14.2. The molecule has 0 unspecified atom stereocenters. The van der Waals surface area contributed by atoms with E-state index in [2.05, 4.69) is 5.32 Å². The van der Waals surface area contributed by atoms with Crippen molar-refractivity contribution in [3.8, 4) is 5.75 Å². The topological polar surface area (TPSA) is 58.6 Å². The summed E-state index contributed by atoms with van der Waals surface area (Å²) in [6.45, 7) is 10.4. The largest absolute Gasteiger partial charge is 0.481 e. The zero-order valence-electron chi connectivity index (χ0n) is 20.2. The number of hydrogen-bond acceptors (Lipinski definition) is 3. The molecule has 1 aliphatic rings. The molecule has 2 atom stereocenters. The van der Waals surface area contributed by atoms with Crippen molar-refractivity contribution in [3.63, 3.8) is 0 Å². The summed E-state index contributed by atoms with van der Waals surface area (Å²) >= 11 is 0. The van der Waals surface area contributed by atoms with Gasteiger partial charge in [0, 0.05) is 19.0 Å². The first-order valence-electron chi connectivity index (χ1n) is 11.8. The minimum atomic E-state index is -0.611. The minimum absolute atomic E-state index is 0.0246. The predicted molar refractivity (Wildman–Crippen MR) is 128 cm³/mol. The molecule has 5 nitrogen and oxygen atoms in total. The molecule has 1 aliphatic heterocycles. The molecule has 178 valence electrons. The van der Waals surface area contributed by atoms with Gasteiger partial charge in [0.05, 0.1) is 6.04 Å². The lowest BCUT2D eigenvalue weighted by Crippen LogP contribution is -2.42. The Morgan fingerprint density at radius 3 is 2.55 bits per heavy atom. The summed E-state index contributed by atoms with van der Waals surface area (Å²) in [6.07, 6.45) is 1.07. The van der Waals surface area contributed by atoms with Crippen LogP contribution in [0.25, 0.3) is 0 Å². The quantitative estimate of drug-likeness (QED) is 0.609. The Morgan fingerprint density at radius 1 is 1.15 bits per heavy atom. The first-order valence-corrected chi connectivity index (χ1v) is 11.8. The second kappa shape index (κ2) is 10.8. The number of fused-ring (bicyclic) bond motifs is 1. The Labute approximate surface area is 196 Å². The van der Waals surface area contributed by atoms with Gasteiger partial charge in [-0.3, -0.25) is 9.59 Å². The minimum Gasteiger partial charge on any atom is -0.481 e. The Morgan fingerprint density at radius 2 is 1.91 bits per heavy atom. The SMILES string of the molecule is CC[C@@H](Oc1ccc2c(c1)[C@@H](c1cccc(F)c1)N(C(=O)CC(C)C)CC2)C(=O)NC(C)C. The second-order valence-corrected chi connectivity index (χ2v) is 9.43. The highest BCUT2D eigenvalue weighted by Gasteiger charge is 2.33. The summed E-state index contributed by atoms with van der Waals surface area (Å²) in [7, 11) is 0. The van der Waals surface area contributed by atoms with Crippen LogP contribution < -0.4 is 10.1 Å². The number of carbonyl (C=O) groups excluding carboxylic acids is 2. The van der Waals surface area contributed by atoms with Crippen LogP contribution in [0.1, 0.15) is 70.2 Å². The number of rotatable bonds is 8. The van der Waals surface area contributed by atoms with Crippen molar-refractivity contribution in [3.05, 3.63) is 65.0 Å². The van der Waals surface area contributed by atoms with E-state index in [-0.39, 0.29) is 29.6 Å². The van der Waals surface area contributed by atoms with Crippen LogP contribution in [-0.2, 0) is 16.0 Å². The number of halogens is 1. The molecule has 2 aromatic carbocycles. The van der Waals surface area contributed by atoms with Gasteiger partial charge >= 0.3 is 0 Å². The van der Waals surface area contributed by atoms with Gasteiger partial charge in [-0.1, -0.05) is 39.0 Å². The lowest BCUT2D eigenvalue weighted by Gasteiger charge is -2.38. The summed E-state index contributed by atoms with van der Waals surface area (Å²) in [4.78, 5) is 27.5. The van der Waals surface area contributed by atoms with Crippen molar-refractivity contribution in [1.82, 2.24) is 10.2 Å². The van der Waals surface area contributed by atoms with Crippen LogP contribution in [-0.4, -0.2) is 35.4 Å². The molecule has 0 saturated heterocycles. The first kappa shape index (κ1) is 24.7. The zero-order chi connectivity index (χ0) is 24.1. The van der Waals surface area contributed by atoms with Gasteiger partial charge in [0.1, 0.15) is 11.6 Å². The van der Waals surface area contributed by atoms with E-state index < -0.39 is 12.1 Å². The average molecular weight is 455 g/mol. The maximum Gasteiger partial charge on any atom is 0.261 e. The van der Waals surface area contributed by atoms with Crippen molar-refractivity contribution in [2.45, 2.75) is 72.1 Å². The standard InChI is InChI=1S/C27H35FN2O3/c1-6-24(27(32)29-18(4)5)33-22-11-10-19-12-13-30(25(31)14-17(2)3)26(23(19)16-22)20-8-7-9-21(28)15-20/h7-11,15-18,24,26H,6,12-14H2,1-5H3,(H,29,32)/t24-,26-/m1/s1. The molecule has 0 bridgehead atoms. The molecule has 0 aliphatic carbocycles. The van der Waals surface area contributed by atoms with Gasteiger partial charge in [0.15, 0.2) is 6.10 Å². The first-order chi connectivity index (χ1) is 15.7. The molecule has 6 heteroatoms. The molecule has 2 aromatic rings. The van der Waals surface area contributed by atoms with Gasteiger partial charge in [-0.25, -0.2) is 4.39 Å². The van der Waals surface area contributed by atoms with Crippen molar-refractivity contribution in [2.24, 2.45) is 5.92 Å². The third kappa shape index (κ3) is 6.12. The number of amides is 2. The second-order valence-electron chi connectivity index (χ2n) is 9.43. The van der Waals surface area contributed by atoms with Gasteiger partial charge in [-0.05, 0) is 73.6 Å². The van der Waals surface area contributed by atoms with Crippen molar-refractivity contribution in [1.29, 1.82) is 0 Å². The molecule has 33 heavy (non-hydrogen) atoms. The smallest absolute Gasteiger partial charge is 0.261 e. The molecule has 0 fully saturated rings. The number of carbonyl (C=O) groups is 2. The molecule has 1 N–H and O–H groups in total. The number of nitrogens with zero attached hydrogens (tertiary/aromatic N) is 1. The molecule has 0 spiro atoms. The summed E-state index contributed by atoms with van der Waals surface area (Å²) in [5.74, 6) is 0.366. The summed E-state index contributed by atoms with van der Waals surface area (Å²) in [5.41, 5.74) is 2.75. The number of nitrogens with one attached hydrogen (secondary N) is 1. The Bertz CT molecular complexity index is 989. The molecule has 3 rings (SSSR count). The average Bonchev–Trinajstić information content (AvgIpc) is 2.75. The fourth-order valence-corrected chi connectivity index (χ4v) is 4.30. The fraction of sp³-hybridized carbons (Fsp3) is 0.481. The normalized spacial score (nSPS) is 16.5. The number of benzene rings is 2. The Balaban J connectivity index is 1.99. The monoisotopic (exact) mass is 454 g/mol. The number of ether oxygens (including phenoxy) is 1. The summed E-state index contributed by atoms with van der Waals surface area (Å²) < 4.78 is 20.2. The van der Waals surface area contributed by atoms with E-state index in [1.54, 1.807) is 6.07 Å². The molecular weight excluding hydrogens is 419 g/mol. The van der Waals surface area contributed by atoms with E-state index in [1.165, 1.54) is 12.1 Å². The molecule has 2 amide bonds. The van der Waals surface area contributed by atoms with Crippen molar-refractivity contribution in [2.75, 3.05) is 6.54 Å².